The highest BCUT2D eigenvalue weighted by atomic mass is 35.5. The first kappa shape index (κ1) is 23.4. The number of anilines is 2. The highest BCUT2D eigenvalue weighted by Crippen LogP contribution is 2.26. The SMILES string of the molecule is CN(C)c1nc(N[C@H]2CC[C@@H](NC(=O)NCc3ccc(Cl)cc3Cl)CC2)nc2ccccc12. The molecule has 0 atom stereocenters. The molecule has 9 heteroatoms. The van der Waals surface area contributed by atoms with Crippen LogP contribution >= 0.6 is 23.2 Å². The fourth-order valence-corrected chi connectivity index (χ4v) is 4.58. The van der Waals surface area contributed by atoms with E-state index in [1.54, 1.807) is 12.1 Å². The zero-order valence-electron chi connectivity index (χ0n) is 18.7. The Kier molecular flexibility index (Phi) is 7.40. The van der Waals surface area contributed by atoms with Crippen molar-refractivity contribution >= 4 is 51.9 Å². The Morgan fingerprint density at radius 1 is 1.03 bits per heavy atom. The number of carbonyl (C=O) groups is 1. The van der Waals surface area contributed by atoms with Gasteiger partial charge in [0.05, 0.1) is 5.52 Å². The van der Waals surface area contributed by atoms with Gasteiger partial charge in [-0.3, -0.25) is 0 Å². The Morgan fingerprint density at radius 3 is 2.48 bits per heavy atom. The first-order valence-electron chi connectivity index (χ1n) is 11.1. The van der Waals surface area contributed by atoms with E-state index >= 15 is 0 Å². The number of hydrogen-bond acceptors (Lipinski definition) is 5. The van der Waals surface area contributed by atoms with Gasteiger partial charge in [0.2, 0.25) is 5.95 Å². The summed E-state index contributed by atoms with van der Waals surface area (Å²) in [5.74, 6) is 1.54. The van der Waals surface area contributed by atoms with Crippen LogP contribution in [0.15, 0.2) is 42.5 Å². The Balaban J connectivity index is 1.28. The highest BCUT2D eigenvalue weighted by molar-refractivity contribution is 6.35. The van der Waals surface area contributed by atoms with Crippen molar-refractivity contribution in [2.45, 2.75) is 44.3 Å². The van der Waals surface area contributed by atoms with Gasteiger partial charge in [-0.25, -0.2) is 9.78 Å². The van der Waals surface area contributed by atoms with Crippen molar-refractivity contribution in [3.05, 3.63) is 58.1 Å². The summed E-state index contributed by atoms with van der Waals surface area (Å²) in [4.78, 5) is 23.8. The lowest BCUT2D eigenvalue weighted by Crippen LogP contribution is -2.44. The van der Waals surface area contributed by atoms with Crippen LogP contribution in [0.1, 0.15) is 31.2 Å². The van der Waals surface area contributed by atoms with Gasteiger partial charge in [-0.05, 0) is 55.5 Å². The minimum atomic E-state index is -0.189. The topological polar surface area (TPSA) is 82.2 Å². The molecule has 3 N–H and O–H groups in total. The maximum absolute atomic E-state index is 12.3. The zero-order chi connectivity index (χ0) is 23.4. The lowest BCUT2D eigenvalue weighted by atomic mass is 9.91. The van der Waals surface area contributed by atoms with E-state index in [0.717, 1.165) is 48.0 Å². The molecule has 4 rings (SSSR count). The number of aromatic nitrogens is 2. The van der Waals surface area contributed by atoms with E-state index in [-0.39, 0.29) is 18.1 Å². The van der Waals surface area contributed by atoms with Crippen LogP contribution in [0, 0.1) is 0 Å². The summed E-state index contributed by atoms with van der Waals surface area (Å²) in [6.45, 7) is 0.353. The molecule has 174 valence electrons. The third-order valence-corrected chi connectivity index (χ3v) is 6.44. The lowest BCUT2D eigenvalue weighted by molar-refractivity contribution is 0.231. The van der Waals surface area contributed by atoms with Crippen LogP contribution in [0.25, 0.3) is 10.9 Å². The van der Waals surface area contributed by atoms with Crippen LogP contribution in [0.2, 0.25) is 10.0 Å². The standard InChI is InChI=1S/C24H28Cl2N6O/c1-32(2)22-19-5-3-4-6-21(19)30-23(31-22)28-17-9-11-18(12-10-17)29-24(33)27-14-15-7-8-16(25)13-20(15)26/h3-8,13,17-18H,9-12,14H2,1-2H3,(H2,27,29,33)(H,28,30,31)/t17-,18+. The third kappa shape index (κ3) is 5.97. The molecule has 1 aliphatic carbocycles. The van der Waals surface area contributed by atoms with Crippen LogP contribution in [0.3, 0.4) is 0 Å². The number of fused-ring (bicyclic) bond motifs is 1. The largest absolute Gasteiger partial charge is 0.362 e. The van der Waals surface area contributed by atoms with Gasteiger partial charge in [-0.1, -0.05) is 41.4 Å². The summed E-state index contributed by atoms with van der Waals surface area (Å²) in [5.41, 5.74) is 1.75. The minimum Gasteiger partial charge on any atom is -0.362 e. The molecule has 33 heavy (non-hydrogen) atoms. The van der Waals surface area contributed by atoms with Gasteiger partial charge in [0.1, 0.15) is 5.82 Å². The van der Waals surface area contributed by atoms with Gasteiger partial charge >= 0.3 is 6.03 Å². The Bertz CT molecular complexity index is 1130. The van der Waals surface area contributed by atoms with Crippen LogP contribution < -0.4 is 20.9 Å². The summed E-state index contributed by atoms with van der Waals surface area (Å²) >= 11 is 12.1. The first-order valence-corrected chi connectivity index (χ1v) is 11.8. The monoisotopic (exact) mass is 486 g/mol. The van der Waals surface area contributed by atoms with E-state index < -0.39 is 0 Å². The van der Waals surface area contributed by atoms with E-state index in [1.807, 2.05) is 49.3 Å². The van der Waals surface area contributed by atoms with Gasteiger partial charge < -0.3 is 20.9 Å². The summed E-state index contributed by atoms with van der Waals surface area (Å²) in [6.07, 6.45) is 3.64. The van der Waals surface area contributed by atoms with Crippen molar-refractivity contribution in [1.82, 2.24) is 20.6 Å². The zero-order valence-corrected chi connectivity index (χ0v) is 20.2. The van der Waals surface area contributed by atoms with Gasteiger partial charge in [-0.2, -0.15) is 4.98 Å². The predicted octanol–water partition coefficient (Wildman–Crippen LogP) is 5.23. The molecule has 1 aromatic heterocycles. The smallest absolute Gasteiger partial charge is 0.315 e. The van der Waals surface area contributed by atoms with Crippen LogP contribution in [0.5, 0.6) is 0 Å². The van der Waals surface area contributed by atoms with Crippen LogP contribution in [-0.2, 0) is 6.54 Å². The fourth-order valence-electron chi connectivity index (χ4n) is 4.11. The van der Waals surface area contributed by atoms with E-state index in [9.17, 15) is 4.79 Å². The second kappa shape index (κ2) is 10.4. The van der Waals surface area contributed by atoms with Crippen molar-refractivity contribution < 1.29 is 4.79 Å². The summed E-state index contributed by atoms with van der Waals surface area (Å²) in [6, 6.07) is 13.5. The molecular formula is C24H28Cl2N6O. The normalized spacial score (nSPS) is 18.1. The molecule has 0 aliphatic heterocycles. The first-order chi connectivity index (χ1) is 15.9. The number of amides is 2. The second-order valence-corrected chi connectivity index (χ2v) is 9.38. The number of benzene rings is 2. The summed E-state index contributed by atoms with van der Waals surface area (Å²) < 4.78 is 0. The summed E-state index contributed by atoms with van der Waals surface area (Å²) in [7, 11) is 3.97. The molecule has 2 amide bonds. The number of carbonyl (C=O) groups excluding carboxylic acids is 1. The molecule has 2 aromatic carbocycles. The average Bonchev–Trinajstić information content (AvgIpc) is 2.79. The maximum atomic E-state index is 12.3. The molecule has 7 nitrogen and oxygen atoms in total. The average molecular weight is 487 g/mol. The molecular weight excluding hydrogens is 459 g/mol. The molecule has 1 saturated carbocycles. The number of urea groups is 1. The quantitative estimate of drug-likeness (QED) is 0.444. The molecule has 0 unspecified atom stereocenters. The van der Waals surface area contributed by atoms with Gasteiger partial charge in [0.15, 0.2) is 0 Å². The third-order valence-electron chi connectivity index (χ3n) is 5.86. The molecule has 1 fully saturated rings. The molecule has 0 saturated heterocycles. The highest BCUT2D eigenvalue weighted by Gasteiger charge is 2.23. The number of halogens is 2. The fraction of sp³-hybridized carbons (Fsp3) is 0.375. The van der Waals surface area contributed by atoms with E-state index in [2.05, 4.69) is 16.0 Å². The second-order valence-electron chi connectivity index (χ2n) is 8.54. The van der Waals surface area contributed by atoms with Gasteiger partial charge in [-0.15, -0.1) is 0 Å². The van der Waals surface area contributed by atoms with E-state index in [4.69, 9.17) is 33.2 Å². The predicted molar refractivity (Wildman–Crippen MR) is 135 cm³/mol. The number of nitrogens with one attached hydrogen (secondary N) is 3. The number of hydrogen-bond donors (Lipinski definition) is 3. The van der Waals surface area contributed by atoms with Gasteiger partial charge in [0, 0.05) is 48.2 Å². The summed E-state index contributed by atoms with van der Waals surface area (Å²) in [5, 5.41) is 11.6. The van der Waals surface area contributed by atoms with Crippen LogP contribution in [0.4, 0.5) is 16.6 Å². The molecule has 0 radical (unpaired) electrons. The number of nitrogens with zero attached hydrogens (tertiary/aromatic N) is 3. The molecule has 1 heterocycles. The Morgan fingerprint density at radius 2 is 1.76 bits per heavy atom. The molecule has 1 aliphatic rings. The van der Waals surface area contributed by atoms with Gasteiger partial charge in [0.25, 0.3) is 0 Å². The van der Waals surface area contributed by atoms with E-state index in [0.29, 0.717) is 22.5 Å². The van der Waals surface area contributed by atoms with Crippen LogP contribution in [-0.4, -0.2) is 42.2 Å². The van der Waals surface area contributed by atoms with E-state index in [1.165, 1.54) is 0 Å². The number of rotatable bonds is 6. The van der Waals surface area contributed by atoms with Crippen molar-refractivity contribution in [3.63, 3.8) is 0 Å². The van der Waals surface area contributed by atoms with Crippen molar-refractivity contribution in [2.75, 3.05) is 24.3 Å². The Labute approximate surface area is 203 Å². The lowest BCUT2D eigenvalue weighted by Gasteiger charge is -2.30. The molecule has 0 spiro atoms. The maximum Gasteiger partial charge on any atom is 0.315 e. The number of para-hydroxylation sites is 1. The molecule has 3 aromatic rings. The minimum absolute atomic E-state index is 0.138. The Hall–Kier alpha value is -2.77. The van der Waals surface area contributed by atoms with Crippen molar-refractivity contribution in [1.29, 1.82) is 0 Å². The van der Waals surface area contributed by atoms with Crippen molar-refractivity contribution in [2.24, 2.45) is 0 Å². The van der Waals surface area contributed by atoms with Crippen molar-refractivity contribution in [3.8, 4) is 0 Å². The molecule has 0 bridgehead atoms.